The average Bonchev–Trinajstić information content (AvgIpc) is 2.63. The van der Waals surface area contributed by atoms with E-state index < -0.39 is 0 Å². The highest BCUT2D eigenvalue weighted by atomic mass is 16.5. The molecular formula is C22H38N4O2. The van der Waals surface area contributed by atoms with Gasteiger partial charge in [-0.15, -0.1) is 0 Å². The number of rotatable bonds is 7. The lowest BCUT2D eigenvalue weighted by atomic mass is 9.72. The number of nitrogens with one attached hydrogen (secondary N) is 1. The van der Waals surface area contributed by atoms with Gasteiger partial charge < -0.3 is 14.8 Å². The molecule has 0 unspecified atom stereocenters. The van der Waals surface area contributed by atoms with Gasteiger partial charge in [0.25, 0.3) is 0 Å². The zero-order valence-electron chi connectivity index (χ0n) is 18.5. The number of anilines is 1. The van der Waals surface area contributed by atoms with Crippen molar-refractivity contribution >= 4 is 5.82 Å². The Kier molecular flexibility index (Phi) is 6.62. The van der Waals surface area contributed by atoms with Crippen LogP contribution < -0.4 is 5.32 Å². The summed E-state index contributed by atoms with van der Waals surface area (Å²) in [4.78, 5) is 12.2. The highest BCUT2D eigenvalue weighted by Crippen LogP contribution is 2.40. The van der Waals surface area contributed by atoms with Crippen LogP contribution in [0.1, 0.15) is 71.8 Å². The molecule has 0 atom stereocenters. The molecule has 2 fully saturated rings. The quantitative estimate of drug-likeness (QED) is 0.768. The van der Waals surface area contributed by atoms with Crippen molar-refractivity contribution in [1.29, 1.82) is 0 Å². The van der Waals surface area contributed by atoms with Gasteiger partial charge in [-0.25, -0.2) is 9.97 Å². The Labute approximate surface area is 170 Å². The minimum Gasteiger partial charge on any atom is -0.379 e. The predicted octanol–water partition coefficient (Wildman–Crippen LogP) is 3.58. The Morgan fingerprint density at radius 2 is 1.93 bits per heavy atom. The number of aromatic nitrogens is 2. The van der Waals surface area contributed by atoms with Crippen LogP contribution in [0.4, 0.5) is 5.82 Å². The third kappa shape index (κ3) is 4.84. The van der Waals surface area contributed by atoms with Gasteiger partial charge in [0.05, 0.1) is 25.0 Å². The van der Waals surface area contributed by atoms with Crippen molar-refractivity contribution in [2.45, 2.75) is 77.4 Å². The smallest absolute Gasteiger partial charge is 0.133 e. The molecule has 6 heteroatoms. The fraction of sp³-hybridized carbons (Fsp3) is 0.818. The summed E-state index contributed by atoms with van der Waals surface area (Å²) in [6.45, 7) is 18.3. The average molecular weight is 391 g/mol. The number of morpholine rings is 1. The van der Waals surface area contributed by atoms with Gasteiger partial charge in [0.15, 0.2) is 0 Å². The Bertz CT molecular complexity index is 644. The molecule has 0 radical (unpaired) electrons. The molecule has 6 nitrogen and oxygen atoms in total. The van der Waals surface area contributed by atoms with Crippen molar-refractivity contribution in [1.82, 2.24) is 14.9 Å². The van der Waals surface area contributed by atoms with E-state index in [0.29, 0.717) is 12.0 Å². The largest absolute Gasteiger partial charge is 0.379 e. The van der Waals surface area contributed by atoms with Crippen LogP contribution in [0, 0.1) is 0 Å². The van der Waals surface area contributed by atoms with Crippen molar-refractivity contribution < 1.29 is 9.47 Å². The Morgan fingerprint density at radius 1 is 1.25 bits per heavy atom. The van der Waals surface area contributed by atoms with Crippen LogP contribution >= 0.6 is 0 Å². The van der Waals surface area contributed by atoms with Gasteiger partial charge >= 0.3 is 0 Å². The molecule has 1 N–H and O–H groups in total. The SMILES string of the molecule is CCOC1CC(CNc2cc(C(C)(C)C)nc(C(C)C)n2)(N2CCOCC2)C1. The summed E-state index contributed by atoms with van der Waals surface area (Å²) in [5, 5.41) is 3.67. The first-order valence-electron chi connectivity index (χ1n) is 10.8. The molecule has 2 aliphatic rings. The highest BCUT2D eigenvalue weighted by Gasteiger charge is 2.49. The molecule has 1 aromatic rings. The molecule has 3 rings (SSSR count). The van der Waals surface area contributed by atoms with E-state index in [1.54, 1.807) is 0 Å². The normalized spacial score (nSPS) is 26.3. The summed E-state index contributed by atoms with van der Waals surface area (Å²) in [5.41, 5.74) is 1.23. The second kappa shape index (κ2) is 8.64. The topological polar surface area (TPSA) is 59.5 Å². The molecule has 0 aromatic carbocycles. The van der Waals surface area contributed by atoms with Gasteiger partial charge in [-0.1, -0.05) is 34.6 Å². The van der Waals surface area contributed by atoms with Crippen molar-refractivity contribution in [3.05, 3.63) is 17.6 Å². The van der Waals surface area contributed by atoms with E-state index in [-0.39, 0.29) is 11.0 Å². The van der Waals surface area contributed by atoms with Crippen molar-refractivity contribution in [3.63, 3.8) is 0 Å². The first kappa shape index (κ1) is 21.5. The van der Waals surface area contributed by atoms with Gasteiger partial charge in [0, 0.05) is 49.2 Å². The molecule has 1 saturated heterocycles. The van der Waals surface area contributed by atoms with Crippen LogP contribution in [0.25, 0.3) is 0 Å². The summed E-state index contributed by atoms with van der Waals surface area (Å²) in [7, 11) is 0. The third-order valence-corrected chi connectivity index (χ3v) is 5.93. The molecule has 1 aromatic heterocycles. The molecule has 0 bridgehead atoms. The molecule has 2 heterocycles. The lowest BCUT2D eigenvalue weighted by molar-refractivity contribution is -0.121. The number of hydrogen-bond acceptors (Lipinski definition) is 6. The maximum atomic E-state index is 5.88. The van der Waals surface area contributed by atoms with Crippen LogP contribution in [0.15, 0.2) is 6.07 Å². The van der Waals surface area contributed by atoms with Gasteiger partial charge in [0.1, 0.15) is 11.6 Å². The van der Waals surface area contributed by atoms with Crippen molar-refractivity contribution in [2.75, 3.05) is 44.8 Å². The van der Waals surface area contributed by atoms with Crippen LogP contribution in [-0.2, 0) is 14.9 Å². The number of nitrogens with zero attached hydrogens (tertiary/aromatic N) is 3. The van der Waals surface area contributed by atoms with Crippen LogP contribution in [0.3, 0.4) is 0 Å². The maximum absolute atomic E-state index is 5.88. The third-order valence-electron chi connectivity index (χ3n) is 5.93. The fourth-order valence-corrected chi connectivity index (χ4v) is 4.15. The zero-order valence-corrected chi connectivity index (χ0v) is 18.5. The summed E-state index contributed by atoms with van der Waals surface area (Å²) in [5.74, 6) is 2.16. The second-order valence-corrected chi connectivity index (χ2v) is 9.56. The first-order valence-corrected chi connectivity index (χ1v) is 10.8. The summed E-state index contributed by atoms with van der Waals surface area (Å²) in [6, 6.07) is 2.12. The molecule has 0 spiro atoms. The van der Waals surface area contributed by atoms with E-state index in [2.05, 4.69) is 57.8 Å². The van der Waals surface area contributed by atoms with Crippen LogP contribution in [0.5, 0.6) is 0 Å². The molecule has 1 aliphatic carbocycles. The minimum absolute atomic E-state index is 0.00143. The van der Waals surface area contributed by atoms with E-state index in [4.69, 9.17) is 19.4 Å². The van der Waals surface area contributed by atoms with Crippen LogP contribution in [-0.4, -0.2) is 66.0 Å². The Balaban J connectivity index is 1.76. The summed E-state index contributed by atoms with van der Waals surface area (Å²) < 4.78 is 11.5. The van der Waals surface area contributed by atoms with E-state index in [0.717, 1.165) is 69.6 Å². The lowest BCUT2D eigenvalue weighted by Crippen LogP contribution is -2.65. The predicted molar refractivity (Wildman–Crippen MR) is 113 cm³/mol. The molecule has 28 heavy (non-hydrogen) atoms. The molecular weight excluding hydrogens is 352 g/mol. The lowest BCUT2D eigenvalue weighted by Gasteiger charge is -2.55. The summed E-state index contributed by atoms with van der Waals surface area (Å²) >= 11 is 0. The fourth-order valence-electron chi connectivity index (χ4n) is 4.15. The Hall–Kier alpha value is -1.24. The molecule has 1 saturated carbocycles. The van der Waals surface area contributed by atoms with Crippen molar-refractivity contribution in [2.24, 2.45) is 0 Å². The standard InChI is InChI=1S/C22H38N4O2/c1-7-28-17-13-22(14-17,26-8-10-27-11-9-26)15-23-19-12-18(21(4,5)6)24-20(25-19)16(2)3/h12,16-17H,7-11,13-15H2,1-6H3,(H,23,24,25). The van der Waals surface area contributed by atoms with Gasteiger partial charge in [0.2, 0.25) is 0 Å². The Morgan fingerprint density at radius 3 is 2.50 bits per heavy atom. The second-order valence-electron chi connectivity index (χ2n) is 9.56. The van der Waals surface area contributed by atoms with E-state index in [1.807, 2.05) is 0 Å². The monoisotopic (exact) mass is 390 g/mol. The van der Waals surface area contributed by atoms with E-state index in [1.165, 1.54) is 0 Å². The molecule has 158 valence electrons. The molecule has 1 aliphatic heterocycles. The highest BCUT2D eigenvalue weighted by molar-refractivity contribution is 5.39. The van der Waals surface area contributed by atoms with Crippen molar-refractivity contribution in [3.8, 4) is 0 Å². The minimum atomic E-state index is 0.00143. The number of ether oxygens (including phenoxy) is 2. The van der Waals surface area contributed by atoms with Crippen LogP contribution in [0.2, 0.25) is 0 Å². The van der Waals surface area contributed by atoms with E-state index >= 15 is 0 Å². The summed E-state index contributed by atoms with van der Waals surface area (Å²) in [6.07, 6.45) is 2.51. The van der Waals surface area contributed by atoms with Gasteiger partial charge in [-0.2, -0.15) is 0 Å². The van der Waals surface area contributed by atoms with Gasteiger partial charge in [-0.3, -0.25) is 4.90 Å². The maximum Gasteiger partial charge on any atom is 0.133 e. The molecule has 0 amide bonds. The number of hydrogen-bond donors (Lipinski definition) is 1. The van der Waals surface area contributed by atoms with E-state index in [9.17, 15) is 0 Å². The first-order chi connectivity index (χ1) is 13.2. The zero-order chi connectivity index (χ0) is 20.4. The van der Waals surface area contributed by atoms with Gasteiger partial charge in [-0.05, 0) is 19.8 Å².